The van der Waals surface area contributed by atoms with Crippen molar-refractivity contribution in [2.45, 2.75) is 53.6 Å². The van der Waals surface area contributed by atoms with Crippen molar-refractivity contribution in [2.75, 3.05) is 6.61 Å². The van der Waals surface area contributed by atoms with E-state index in [1.165, 1.54) is 5.56 Å². The summed E-state index contributed by atoms with van der Waals surface area (Å²) < 4.78 is 17.3. The Labute approximate surface area is 172 Å². The molecule has 0 aliphatic rings. The summed E-state index contributed by atoms with van der Waals surface area (Å²) in [5, 5.41) is 1.12. The maximum Gasteiger partial charge on any atom is 0.310 e. The van der Waals surface area contributed by atoms with Crippen LogP contribution in [0.2, 0.25) is 0 Å². The summed E-state index contributed by atoms with van der Waals surface area (Å²) in [6, 6.07) is 14.1. The fraction of sp³-hybridized carbons (Fsp3) is 0.400. The first-order valence-corrected chi connectivity index (χ1v) is 10.4. The zero-order chi connectivity index (χ0) is 20.8. The van der Waals surface area contributed by atoms with Crippen LogP contribution in [0.5, 0.6) is 5.75 Å². The lowest BCUT2D eigenvalue weighted by Crippen LogP contribution is -2.09. The Morgan fingerprint density at radius 2 is 1.86 bits per heavy atom. The highest BCUT2D eigenvalue weighted by Gasteiger charge is 2.13. The number of rotatable bonds is 9. The molecule has 3 rings (SSSR count). The third-order valence-corrected chi connectivity index (χ3v) is 4.80. The van der Waals surface area contributed by atoms with Crippen LogP contribution in [0.1, 0.15) is 50.1 Å². The van der Waals surface area contributed by atoms with E-state index in [-0.39, 0.29) is 12.4 Å². The van der Waals surface area contributed by atoms with E-state index in [1.54, 1.807) is 0 Å². The van der Waals surface area contributed by atoms with Gasteiger partial charge in [-0.2, -0.15) is 0 Å². The van der Waals surface area contributed by atoms with Crippen molar-refractivity contribution >= 4 is 16.9 Å². The summed E-state index contributed by atoms with van der Waals surface area (Å²) in [5.41, 5.74) is 4.10. The Morgan fingerprint density at radius 1 is 1.07 bits per heavy atom. The average Bonchev–Trinajstić information content (AvgIpc) is 3.08. The van der Waals surface area contributed by atoms with Gasteiger partial charge in [0.05, 0.1) is 13.0 Å². The Morgan fingerprint density at radius 3 is 2.59 bits per heavy atom. The summed E-state index contributed by atoms with van der Waals surface area (Å²) in [6.07, 6.45) is 2.05. The number of furan rings is 1. The van der Waals surface area contributed by atoms with Crippen molar-refractivity contribution < 1.29 is 18.7 Å². The molecule has 1 aromatic heterocycles. The Kier molecular flexibility index (Phi) is 6.97. The van der Waals surface area contributed by atoms with E-state index in [4.69, 9.17) is 13.9 Å². The van der Waals surface area contributed by atoms with Crippen molar-refractivity contribution in [3.05, 3.63) is 64.9 Å². The molecule has 154 valence electrons. The van der Waals surface area contributed by atoms with E-state index in [1.807, 2.05) is 31.2 Å². The number of aryl methyl sites for hydroxylation is 1. The third kappa shape index (κ3) is 5.41. The average molecular weight is 395 g/mol. The number of esters is 1. The summed E-state index contributed by atoms with van der Waals surface area (Å²) in [4.78, 5) is 11.9. The topological polar surface area (TPSA) is 48.7 Å². The van der Waals surface area contributed by atoms with Crippen molar-refractivity contribution in [1.82, 2.24) is 0 Å². The molecule has 0 N–H and O–H groups in total. The Balaban J connectivity index is 1.79. The van der Waals surface area contributed by atoms with Crippen molar-refractivity contribution in [1.29, 1.82) is 0 Å². The van der Waals surface area contributed by atoms with Crippen LogP contribution in [0, 0.1) is 5.92 Å². The maximum absolute atomic E-state index is 11.9. The second kappa shape index (κ2) is 9.64. The first kappa shape index (κ1) is 21.0. The minimum Gasteiger partial charge on any atom is -0.489 e. The first-order valence-electron chi connectivity index (χ1n) is 10.4. The van der Waals surface area contributed by atoms with Crippen molar-refractivity contribution in [2.24, 2.45) is 5.92 Å². The van der Waals surface area contributed by atoms with Gasteiger partial charge in [-0.1, -0.05) is 39.0 Å². The molecule has 2 aromatic carbocycles. The second-order valence-electron chi connectivity index (χ2n) is 7.72. The molecule has 0 bridgehead atoms. The van der Waals surface area contributed by atoms with Gasteiger partial charge in [0.2, 0.25) is 0 Å². The Hall–Kier alpha value is -2.75. The molecule has 0 aliphatic carbocycles. The number of carbonyl (C=O) groups is 1. The normalized spacial score (nSPS) is 11.2. The quantitative estimate of drug-likeness (QED) is 0.425. The molecule has 3 aromatic rings. The summed E-state index contributed by atoms with van der Waals surface area (Å²) >= 11 is 0. The molecule has 0 radical (unpaired) electrons. The third-order valence-electron chi connectivity index (χ3n) is 4.80. The highest BCUT2D eigenvalue weighted by atomic mass is 16.5. The lowest BCUT2D eigenvalue weighted by Gasteiger charge is -2.12. The molecule has 0 saturated carbocycles. The fourth-order valence-electron chi connectivity index (χ4n) is 3.52. The van der Waals surface area contributed by atoms with Gasteiger partial charge in [0.1, 0.15) is 23.7 Å². The Bertz CT molecular complexity index is 968. The molecule has 0 saturated heterocycles. The van der Waals surface area contributed by atoms with Crippen LogP contribution in [-0.4, -0.2) is 12.6 Å². The van der Waals surface area contributed by atoms with Gasteiger partial charge in [-0.25, -0.2) is 0 Å². The van der Waals surface area contributed by atoms with Crippen LogP contribution in [0.15, 0.2) is 46.9 Å². The lowest BCUT2D eigenvalue weighted by molar-refractivity contribution is -0.142. The molecule has 4 heteroatoms. The number of benzene rings is 2. The summed E-state index contributed by atoms with van der Waals surface area (Å²) in [5.74, 6) is 2.06. The molecule has 4 nitrogen and oxygen atoms in total. The van der Waals surface area contributed by atoms with Gasteiger partial charge in [0.25, 0.3) is 0 Å². The van der Waals surface area contributed by atoms with Gasteiger partial charge in [0, 0.05) is 17.4 Å². The number of hydrogen-bond donors (Lipinski definition) is 0. The van der Waals surface area contributed by atoms with Gasteiger partial charge in [-0.15, -0.1) is 0 Å². The SMILES string of the molecule is CCOC(=O)Cc1ccccc1OCc1cc(CC)c2oc(CC(C)C)cc2c1. The van der Waals surface area contributed by atoms with E-state index in [0.717, 1.165) is 40.7 Å². The van der Waals surface area contributed by atoms with Crippen LogP contribution < -0.4 is 4.74 Å². The summed E-state index contributed by atoms with van der Waals surface area (Å²) in [7, 11) is 0. The van der Waals surface area contributed by atoms with Crippen molar-refractivity contribution in [3.63, 3.8) is 0 Å². The predicted octanol–water partition coefficient (Wildman–Crippen LogP) is 5.88. The fourth-order valence-corrected chi connectivity index (χ4v) is 3.52. The van der Waals surface area contributed by atoms with E-state index < -0.39 is 0 Å². The molecule has 0 spiro atoms. The van der Waals surface area contributed by atoms with Gasteiger partial charge < -0.3 is 13.9 Å². The van der Waals surface area contributed by atoms with Gasteiger partial charge in [0.15, 0.2) is 0 Å². The molecule has 1 heterocycles. The number of carbonyl (C=O) groups excluding carboxylic acids is 1. The monoisotopic (exact) mass is 394 g/mol. The highest BCUT2D eigenvalue weighted by molar-refractivity contribution is 5.82. The molecule has 0 fully saturated rings. The molecule has 0 amide bonds. The minimum atomic E-state index is -0.241. The molecule has 0 atom stereocenters. The predicted molar refractivity (Wildman–Crippen MR) is 115 cm³/mol. The van der Waals surface area contributed by atoms with Crippen LogP contribution >= 0.6 is 0 Å². The van der Waals surface area contributed by atoms with Crippen LogP contribution in [0.25, 0.3) is 11.0 Å². The van der Waals surface area contributed by atoms with E-state index >= 15 is 0 Å². The first-order chi connectivity index (χ1) is 14.0. The second-order valence-corrected chi connectivity index (χ2v) is 7.72. The van der Waals surface area contributed by atoms with E-state index in [2.05, 4.69) is 39.0 Å². The smallest absolute Gasteiger partial charge is 0.310 e. The maximum atomic E-state index is 11.9. The zero-order valence-corrected chi connectivity index (χ0v) is 17.8. The van der Waals surface area contributed by atoms with Crippen LogP contribution in [0.3, 0.4) is 0 Å². The van der Waals surface area contributed by atoms with Crippen LogP contribution in [-0.2, 0) is 35.4 Å². The van der Waals surface area contributed by atoms with Crippen LogP contribution in [0.4, 0.5) is 0 Å². The molecule has 0 unspecified atom stereocenters. The standard InChI is InChI=1S/C25H30O4/c1-5-19-12-18(13-21-14-22(11-17(3)4)29-25(19)21)16-28-23-10-8-7-9-20(23)15-24(26)27-6-2/h7-10,12-14,17H,5-6,11,15-16H2,1-4H3. The number of fused-ring (bicyclic) bond motifs is 1. The summed E-state index contributed by atoms with van der Waals surface area (Å²) in [6.45, 7) is 9.16. The van der Waals surface area contributed by atoms with Gasteiger partial charge >= 0.3 is 5.97 Å². The molecular weight excluding hydrogens is 364 g/mol. The zero-order valence-electron chi connectivity index (χ0n) is 17.8. The van der Waals surface area contributed by atoms with E-state index in [9.17, 15) is 4.79 Å². The number of para-hydroxylation sites is 1. The highest BCUT2D eigenvalue weighted by Crippen LogP contribution is 2.28. The van der Waals surface area contributed by atoms with Gasteiger partial charge in [-0.3, -0.25) is 4.79 Å². The largest absolute Gasteiger partial charge is 0.489 e. The number of hydrogen-bond acceptors (Lipinski definition) is 4. The molecule has 29 heavy (non-hydrogen) atoms. The minimum absolute atomic E-state index is 0.212. The van der Waals surface area contributed by atoms with Crippen molar-refractivity contribution in [3.8, 4) is 5.75 Å². The van der Waals surface area contributed by atoms with E-state index in [0.29, 0.717) is 24.9 Å². The van der Waals surface area contributed by atoms with Gasteiger partial charge in [-0.05, 0) is 54.7 Å². The molecule has 0 aliphatic heterocycles. The number of ether oxygens (including phenoxy) is 2. The lowest BCUT2D eigenvalue weighted by atomic mass is 10.0. The molecular formula is C25H30O4.